The van der Waals surface area contributed by atoms with E-state index in [1.165, 1.54) is 14.7 Å². The Morgan fingerprint density at radius 2 is 0.852 bits per heavy atom. The van der Waals surface area contributed by atoms with Crippen molar-refractivity contribution in [1.29, 1.82) is 0 Å². The number of hydrogen-bond acceptors (Lipinski definition) is 16. The molecule has 0 saturated carbocycles. The van der Waals surface area contributed by atoms with Crippen molar-refractivity contribution >= 4 is 35.6 Å². The highest BCUT2D eigenvalue weighted by Gasteiger charge is 2.35. The topological polar surface area (TPSA) is 343 Å². The Kier molecular flexibility index (Phi) is 19.8. The van der Waals surface area contributed by atoms with Crippen molar-refractivity contribution in [1.82, 2.24) is 35.6 Å². The SMILES string of the molecule is O=C(CC(C(=O)O)N1CCN(C(CC(=O)NCC(O)CO)C(=O)O)Cc2cccc(n2)CN(C(CC(=O)NCC(O)CO)C(=O)O)CC1)NCC(O)CO. The molecule has 1 aliphatic heterocycles. The lowest BCUT2D eigenvalue weighted by Gasteiger charge is -2.36. The van der Waals surface area contributed by atoms with Gasteiger partial charge in [0.1, 0.15) is 18.1 Å². The first-order chi connectivity index (χ1) is 25.6. The maximum Gasteiger partial charge on any atom is 0.321 e. The molecule has 0 spiro atoms. The average molecular weight is 774 g/mol. The van der Waals surface area contributed by atoms with E-state index in [4.69, 9.17) is 15.3 Å². The van der Waals surface area contributed by atoms with Crippen LogP contribution < -0.4 is 16.0 Å². The van der Waals surface area contributed by atoms with Gasteiger partial charge < -0.3 is 61.9 Å². The zero-order valence-electron chi connectivity index (χ0n) is 29.6. The molecule has 1 aliphatic rings. The zero-order chi connectivity index (χ0) is 40.4. The third-order valence-electron chi connectivity index (χ3n) is 8.49. The van der Waals surface area contributed by atoms with Crippen molar-refractivity contribution < 1.29 is 74.7 Å². The summed E-state index contributed by atoms with van der Waals surface area (Å²) in [6.45, 7) is -4.38. The van der Waals surface area contributed by atoms with Crippen molar-refractivity contribution in [2.24, 2.45) is 0 Å². The Hall–Kier alpha value is -4.39. The van der Waals surface area contributed by atoms with Gasteiger partial charge in [-0.1, -0.05) is 6.07 Å². The fourth-order valence-corrected chi connectivity index (χ4v) is 5.50. The number of nitrogens with one attached hydrogen (secondary N) is 3. The van der Waals surface area contributed by atoms with Crippen LogP contribution in [0.1, 0.15) is 30.7 Å². The first-order valence-corrected chi connectivity index (χ1v) is 17.1. The highest BCUT2D eigenvalue weighted by Crippen LogP contribution is 2.18. The number of aromatic nitrogens is 1. The molecule has 2 bridgehead atoms. The smallest absolute Gasteiger partial charge is 0.321 e. The molecule has 0 aromatic carbocycles. The highest BCUT2D eigenvalue weighted by molar-refractivity contribution is 5.85. The first-order valence-electron chi connectivity index (χ1n) is 17.1. The van der Waals surface area contributed by atoms with Crippen molar-refractivity contribution in [3.05, 3.63) is 29.6 Å². The Labute approximate surface area is 310 Å². The van der Waals surface area contributed by atoms with E-state index >= 15 is 0 Å². The summed E-state index contributed by atoms with van der Waals surface area (Å²) in [7, 11) is 0. The lowest BCUT2D eigenvalue weighted by atomic mass is 10.1. The van der Waals surface area contributed by atoms with E-state index in [-0.39, 0.29) is 58.9 Å². The van der Waals surface area contributed by atoms with Crippen LogP contribution >= 0.6 is 0 Å². The fraction of sp³-hybridized carbons (Fsp3) is 0.656. The van der Waals surface area contributed by atoms with Gasteiger partial charge in [0.2, 0.25) is 17.7 Å². The van der Waals surface area contributed by atoms with E-state index < -0.39 is 111 Å². The quantitative estimate of drug-likeness (QED) is 0.0553. The third-order valence-corrected chi connectivity index (χ3v) is 8.49. The second-order valence-electron chi connectivity index (χ2n) is 12.7. The Bertz CT molecular complexity index is 1330. The van der Waals surface area contributed by atoms with Gasteiger partial charge in [0.05, 0.1) is 68.8 Å². The largest absolute Gasteiger partial charge is 0.480 e. The number of pyridine rings is 1. The van der Waals surface area contributed by atoms with Gasteiger partial charge in [-0.05, 0) is 12.1 Å². The predicted molar refractivity (Wildman–Crippen MR) is 183 cm³/mol. The minimum absolute atomic E-state index is 0.194. The minimum Gasteiger partial charge on any atom is -0.480 e. The zero-order valence-corrected chi connectivity index (χ0v) is 29.6. The minimum atomic E-state index is -1.59. The van der Waals surface area contributed by atoms with Crippen LogP contribution in [0.3, 0.4) is 0 Å². The van der Waals surface area contributed by atoms with Gasteiger partial charge in [-0.2, -0.15) is 0 Å². The van der Waals surface area contributed by atoms with E-state index in [2.05, 4.69) is 20.9 Å². The normalized spacial score (nSPS) is 18.0. The molecule has 6 unspecified atom stereocenters. The second-order valence-corrected chi connectivity index (χ2v) is 12.7. The monoisotopic (exact) mass is 773 g/mol. The summed E-state index contributed by atoms with van der Waals surface area (Å²) >= 11 is 0. The van der Waals surface area contributed by atoms with Crippen LogP contribution in [0.5, 0.6) is 0 Å². The lowest BCUT2D eigenvalue weighted by molar-refractivity contribution is -0.149. The molecule has 0 aliphatic carbocycles. The molecule has 54 heavy (non-hydrogen) atoms. The second kappa shape index (κ2) is 23.4. The maximum atomic E-state index is 12.8. The number of aliphatic hydroxyl groups excluding tert-OH is 6. The maximum absolute atomic E-state index is 12.8. The number of fused-ring (bicyclic) bond motifs is 2. The van der Waals surface area contributed by atoms with Gasteiger partial charge in [-0.25, -0.2) is 0 Å². The molecular formula is C32H51N7O15. The third kappa shape index (κ3) is 15.9. The number of carbonyl (C=O) groups excluding carboxylic acids is 3. The number of amides is 3. The number of hydrogen-bond donors (Lipinski definition) is 12. The number of carboxylic acid groups (broad SMARTS) is 3. The summed E-state index contributed by atoms with van der Waals surface area (Å²) < 4.78 is 0. The van der Waals surface area contributed by atoms with Crippen LogP contribution in [0.2, 0.25) is 0 Å². The van der Waals surface area contributed by atoms with E-state index in [0.29, 0.717) is 11.4 Å². The van der Waals surface area contributed by atoms with Crippen LogP contribution in [0.25, 0.3) is 0 Å². The van der Waals surface area contributed by atoms with Crippen LogP contribution in [0.4, 0.5) is 0 Å². The highest BCUT2D eigenvalue weighted by atomic mass is 16.4. The van der Waals surface area contributed by atoms with Crippen molar-refractivity contribution in [2.75, 3.05) is 65.6 Å². The van der Waals surface area contributed by atoms with Gasteiger partial charge >= 0.3 is 17.9 Å². The summed E-state index contributed by atoms with van der Waals surface area (Å²) in [5, 5.41) is 93.8. The molecular weight excluding hydrogens is 722 g/mol. The Balaban J connectivity index is 2.56. The molecule has 22 heteroatoms. The number of rotatable bonds is 21. The summed E-state index contributed by atoms with van der Waals surface area (Å²) in [5.74, 6) is -6.66. The summed E-state index contributed by atoms with van der Waals surface area (Å²) in [6.07, 6.45) is -5.80. The van der Waals surface area contributed by atoms with Gasteiger partial charge in [0.15, 0.2) is 0 Å². The van der Waals surface area contributed by atoms with Gasteiger partial charge in [-0.3, -0.25) is 48.5 Å². The molecule has 1 aromatic rings. The molecule has 6 atom stereocenters. The average Bonchev–Trinajstić information content (AvgIpc) is 3.13. The van der Waals surface area contributed by atoms with E-state index in [1.807, 2.05) is 0 Å². The van der Waals surface area contributed by atoms with Crippen molar-refractivity contribution in [2.45, 2.75) is 68.8 Å². The molecule has 3 amide bonds. The molecule has 2 heterocycles. The molecule has 2 rings (SSSR count). The van der Waals surface area contributed by atoms with Crippen LogP contribution in [0.15, 0.2) is 18.2 Å². The molecule has 1 aromatic heterocycles. The molecule has 0 fully saturated rings. The fourth-order valence-electron chi connectivity index (χ4n) is 5.50. The van der Waals surface area contributed by atoms with Gasteiger partial charge in [0.25, 0.3) is 0 Å². The van der Waals surface area contributed by atoms with Crippen LogP contribution in [0, 0.1) is 0 Å². The predicted octanol–water partition coefficient (Wildman–Crippen LogP) is -6.06. The Morgan fingerprint density at radius 1 is 0.556 bits per heavy atom. The van der Waals surface area contributed by atoms with Crippen LogP contribution in [-0.4, -0.2) is 203 Å². The number of aliphatic hydroxyl groups is 6. The summed E-state index contributed by atoms with van der Waals surface area (Å²) in [4.78, 5) is 84.7. The molecule has 0 radical (unpaired) electrons. The number of nitrogens with zero attached hydrogens (tertiary/aromatic N) is 4. The molecule has 0 saturated heterocycles. The van der Waals surface area contributed by atoms with Gasteiger partial charge in [0, 0.05) is 58.9 Å². The summed E-state index contributed by atoms with van der Waals surface area (Å²) in [5.41, 5.74) is 0.585. The van der Waals surface area contributed by atoms with Crippen LogP contribution in [-0.2, 0) is 41.9 Å². The molecule has 22 nitrogen and oxygen atoms in total. The first kappa shape index (κ1) is 45.8. The molecule has 12 N–H and O–H groups in total. The Morgan fingerprint density at radius 3 is 1.15 bits per heavy atom. The van der Waals surface area contributed by atoms with E-state index in [9.17, 15) is 59.4 Å². The van der Waals surface area contributed by atoms with Gasteiger partial charge in [-0.15, -0.1) is 0 Å². The summed E-state index contributed by atoms with van der Waals surface area (Å²) in [6, 6.07) is 0.109. The standard InChI is InChI=1S/C32H51N7O15/c40-16-21(43)11-33-27(46)8-24(30(49)50)37-4-6-38(25(31(51)52)9-28(47)34-12-22(44)17-41)14-19-2-1-3-20(36-19)15-39(7-5-37)26(32(53)54)10-29(48)35-13-23(45)18-42/h1-3,21-26,40-45H,4-18H2,(H,33,46)(H,34,47)(H,35,48)(H,49,50)(H,51,52)(H,53,54). The number of aliphatic carboxylic acids is 3. The number of carbonyl (C=O) groups is 6. The lowest BCUT2D eigenvalue weighted by Crippen LogP contribution is -2.54. The van der Waals surface area contributed by atoms with E-state index in [0.717, 1.165) is 0 Å². The molecule has 304 valence electrons. The van der Waals surface area contributed by atoms with Crippen molar-refractivity contribution in [3.8, 4) is 0 Å². The number of carboxylic acids is 3. The van der Waals surface area contributed by atoms with Crippen molar-refractivity contribution in [3.63, 3.8) is 0 Å². The van der Waals surface area contributed by atoms with E-state index in [1.54, 1.807) is 18.2 Å².